The van der Waals surface area contributed by atoms with Crippen LogP contribution in [-0.2, 0) is 17.1 Å². The maximum atomic E-state index is 12.7. The SMILES string of the molecule is Cc1noc(C)c1CSC/C=C\C=C/C(C)C(=O)N1CCN(Cc2cccs2)CC1. The maximum Gasteiger partial charge on any atom is 0.229 e. The molecule has 3 rings (SSSR count). The molecule has 162 valence electrons. The molecular weight excluding hydrogens is 414 g/mol. The van der Waals surface area contributed by atoms with Crippen LogP contribution >= 0.6 is 23.1 Å². The van der Waals surface area contributed by atoms with Gasteiger partial charge in [-0.15, -0.1) is 11.3 Å². The van der Waals surface area contributed by atoms with E-state index in [1.807, 2.05) is 55.7 Å². The minimum atomic E-state index is -0.0894. The van der Waals surface area contributed by atoms with Crippen LogP contribution in [-0.4, -0.2) is 52.8 Å². The van der Waals surface area contributed by atoms with Crippen molar-refractivity contribution in [3.8, 4) is 0 Å². The van der Waals surface area contributed by atoms with Gasteiger partial charge in [-0.1, -0.05) is 42.5 Å². The molecule has 0 aromatic carbocycles. The van der Waals surface area contributed by atoms with E-state index in [4.69, 9.17) is 4.52 Å². The van der Waals surface area contributed by atoms with E-state index in [1.165, 1.54) is 10.4 Å². The zero-order valence-corrected chi connectivity index (χ0v) is 19.7. The van der Waals surface area contributed by atoms with Crippen LogP contribution in [0.1, 0.15) is 28.8 Å². The van der Waals surface area contributed by atoms with Crippen molar-refractivity contribution in [2.75, 3.05) is 31.9 Å². The van der Waals surface area contributed by atoms with Gasteiger partial charge in [-0.2, -0.15) is 11.8 Å². The number of hydrogen-bond donors (Lipinski definition) is 0. The summed E-state index contributed by atoms with van der Waals surface area (Å²) >= 11 is 3.63. The van der Waals surface area contributed by atoms with Crippen molar-refractivity contribution in [3.05, 3.63) is 63.7 Å². The minimum Gasteiger partial charge on any atom is -0.361 e. The highest BCUT2D eigenvalue weighted by atomic mass is 32.2. The van der Waals surface area contributed by atoms with E-state index in [1.54, 1.807) is 11.3 Å². The first-order valence-electron chi connectivity index (χ1n) is 10.4. The standard InChI is InChI=1S/C23H31N3O2S2/c1-18(8-5-4-6-14-29-17-22-19(2)24-28-20(22)3)23(27)26-12-10-25(11-13-26)16-21-9-7-15-30-21/h4-9,15,18H,10-14,16-17H2,1-3H3/b6-4-,8-5-. The molecule has 30 heavy (non-hydrogen) atoms. The number of allylic oxidation sites excluding steroid dienone is 2. The Morgan fingerprint density at radius 1 is 1.30 bits per heavy atom. The van der Waals surface area contributed by atoms with Crippen LogP contribution in [0, 0.1) is 19.8 Å². The molecule has 1 aliphatic rings. The summed E-state index contributed by atoms with van der Waals surface area (Å²) in [5.74, 6) is 2.87. The summed E-state index contributed by atoms with van der Waals surface area (Å²) in [6, 6.07) is 4.28. The first-order valence-corrected chi connectivity index (χ1v) is 12.4. The number of amides is 1. The zero-order chi connectivity index (χ0) is 21.3. The molecule has 1 fully saturated rings. The van der Waals surface area contributed by atoms with Crippen LogP contribution in [0.15, 0.2) is 46.3 Å². The summed E-state index contributed by atoms with van der Waals surface area (Å²) in [5, 5.41) is 6.10. The first kappa shape index (κ1) is 22.8. The fourth-order valence-corrected chi connectivity index (χ4v) is 5.15. The molecule has 5 nitrogen and oxygen atoms in total. The largest absolute Gasteiger partial charge is 0.361 e. The molecule has 0 radical (unpaired) electrons. The number of carbonyl (C=O) groups excluding carboxylic acids is 1. The summed E-state index contributed by atoms with van der Waals surface area (Å²) in [7, 11) is 0. The summed E-state index contributed by atoms with van der Waals surface area (Å²) in [4.78, 5) is 18.5. The lowest BCUT2D eigenvalue weighted by atomic mass is 10.1. The molecule has 1 aliphatic heterocycles. The number of carbonyl (C=O) groups is 1. The van der Waals surface area contributed by atoms with Crippen molar-refractivity contribution in [1.29, 1.82) is 0 Å². The number of hydrogen-bond acceptors (Lipinski definition) is 6. The van der Waals surface area contributed by atoms with Crippen LogP contribution in [0.4, 0.5) is 0 Å². The van der Waals surface area contributed by atoms with Crippen LogP contribution in [0.2, 0.25) is 0 Å². The van der Waals surface area contributed by atoms with Gasteiger partial charge in [-0.25, -0.2) is 0 Å². The highest BCUT2D eigenvalue weighted by molar-refractivity contribution is 7.98. The highest BCUT2D eigenvalue weighted by Gasteiger charge is 2.23. The third kappa shape index (κ3) is 6.59. The zero-order valence-electron chi connectivity index (χ0n) is 18.0. The lowest BCUT2D eigenvalue weighted by Crippen LogP contribution is -2.49. The molecule has 2 aromatic heterocycles. The lowest BCUT2D eigenvalue weighted by molar-refractivity contribution is -0.135. The number of rotatable bonds is 9. The number of aromatic nitrogens is 1. The predicted octanol–water partition coefficient (Wildman–Crippen LogP) is 4.68. The second kappa shape index (κ2) is 11.5. The third-order valence-electron chi connectivity index (χ3n) is 5.32. The second-order valence-electron chi connectivity index (χ2n) is 7.60. The number of thiophene rings is 1. The Labute approximate surface area is 187 Å². The van der Waals surface area contributed by atoms with E-state index in [2.05, 4.69) is 33.6 Å². The number of piperazine rings is 1. The van der Waals surface area contributed by atoms with Crippen LogP contribution in [0.25, 0.3) is 0 Å². The van der Waals surface area contributed by atoms with Gasteiger partial charge in [0.15, 0.2) is 0 Å². The first-order chi connectivity index (χ1) is 14.5. The van der Waals surface area contributed by atoms with Crippen molar-refractivity contribution in [2.45, 2.75) is 33.1 Å². The quantitative estimate of drug-likeness (QED) is 0.414. The minimum absolute atomic E-state index is 0.0894. The molecule has 1 atom stereocenters. The fourth-order valence-electron chi connectivity index (χ4n) is 3.42. The van der Waals surface area contributed by atoms with Crippen molar-refractivity contribution in [2.24, 2.45) is 5.92 Å². The molecule has 0 bridgehead atoms. The molecule has 0 spiro atoms. The Balaban J connectivity index is 1.33. The molecule has 0 saturated carbocycles. The molecule has 3 heterocycles. The summed E-state index contributed by atoms with van der Waals surface area (Å²) in [6.45, 7) is 10.4. The van der Waals surface area contributed by atoms with Gasteiger partial charge in [0, 0.05) is 54.7 Å². The van der Waals surface area contributed by atoms with E-state index in [-0.39, 0.29) is 11.8 Å². The van der Waals surface area contributed by atoms with Gasteiger partial charge in [-0.3, -0.25) is 9.69 Å². The Hall–Kier alpha value is -1.83. The molecule has 1 amide bonds. The van der Waals surface area contributed by atoms with Crippen LogP contribution in [0.3, 0.4) is 0 Å². The van der Waals surface area contributed by atoms with E-state index < -0.39 is 0 Å². The monoisotopic (exact) mass is 445 g/mol. The normalized spacial score (nSPS) is 16.7. The Morgan fingerprint density at radius 3 is 2.77 bits per heavy atom. The molecule has 7 heteroatoms. The Kier molecular flexibility index (Phi) is 8.78. The third-order valence-corrected chi connectivity index (χ3v) is 7.10. The predicted molar refractivity (Wildman–Crippen MR) is 126 cm³/mol. The van der Waals surface area contributed by atoms with Crippen LogP contribution < -0.4 is 0 Å². The Bertz CT molecular complexity index is 830. The molecule has 0 N–H and O–H groups in total. The van der Waals surface area contributed by atoms with E-state index in [0.29, 0.717) is 0 Å². The van der Waals surface area contributed by atoms with E-state index in [9.17, 15) is 4.79 Å². The smallest absolute Gasteiger partial charge is 0.229 e. The van der Waals surface area contributed by atoms with Crippen LogP contribution in [0.5, 0.6) is 0 Å². The second-order valence-corrected chi connectivity index (χ2v) is 9.66. The lowest BCUT2D eigenvalue weighted by Gasteiger charge is -2.35. The topological polar surface area (TPSA) is 49.6 Å². The number of aryl methyl sites for hydroxylation is 2. The summed E-state index contributed by atoms with van der Waals surface area (Å²) < 4.78 is 5.19. The summed E-state index contributed by atoms with van der Waals surface area (Å²) in [5.41, 5.74) is 2.17. The summed E-state index contributed by atoms with van der Waals surface area (Å²) in [6.07, 6.45) is 8.14. The van der Waals surface area contributed by atoms with Crippen molar-refractivity contribution in [1.82, 2.24) is 15.0 Å². The molecule has 1 unspecified atom stereocenters. The molecule has 1 saturated heterocycles. The van der Waals surface area contributed by atoms with Gasteiger partial charge in [-0.05, 0) is 25.3 Å². The fraction of sp³-hybridized carbons (Fsp3) is 0.478. The van der Waals surface area contributed by atoms with Gasteiger partial charge in [0.25, 0.3) is 0 Å². The number of nitrogens with zero attached hydrogens (tertiary/aromatic N) is 3. The molecule has 2 aromatic rings. The average molecular weight is 446 g/mol. The van der Waals surface area contributed by atoms with Gasteiger partial charge >= 0.3 is 0 Å². The Morgan fingerprint density at radius 2 is 2.10 bits per heavy atom. The average Bonchev–Trinajstić information content (AvgIpc) is 3.37. The molecule has 0 aliphatic carbocycles. The van der Waals surface area contributed by atoms with Gasteiger partial charge in [0.1, 0.15) is 5.76 Å². The van der Waals surface area contributed by atoms with Gasteiger partial charge < -0.3 is 9.42 Å². The van der Waals surface area contributed by atoms with Crippen molar-refractivity contribution >= 4 is 29.0 Å². The van der Waals surface area contributed by atoms with E-state index in [0.717, 1.165) is 55.7 Å². The van der Waals surface area contributed by atoms with Crippen molar-refractivity contribution < 1.29 is 9.32 Å². The maximum absolute atomic E-state index is 12.7. The van der Waals surface area contributed by atoms with Crippen molar-refractivity contribution in [3.63, 3.8) is 0 Å². The number of thioether (sulfide) groups is 1. The van der Waals surface area contributed by atoms with Gasteiger partial charge in [0.05, 0.1) is 11.6 Å². The molecular formula is C23H31N3O2S2. The van der Waals surface area contributed by atoms with E-state index >= 15 is 0 Å². The van der Waals surface area contributed by atoms with Gasteiger partial charge in [0.2, 0.25) is 5.91 Å². The highest BCUT2D eigenvalue weighted by Crippen LogP contribution is 2.19.